The lowest BCUT2D eigenvalue weighted by Crippen LogP contribution is -2.33. The Morgan fingerprint density at radius 1 is 0.850 bits per heavy atom. The first-order valence-electron chi connectivity index (χ1n) is 14.1. The first-order chi connectivity index (χ1) is 18.9. The zero-order chi connectivity index (χ0) is 30.6. The minimum Gasteiger partial charge on any atom is -0.481 e. The molecular weight excluding hydrogens is 504 g/mol. The molecule has 6 nitrogen and oxygen atoms in total. The van der Waals surface area contributed by atoms with Crippen LogP contribution in [0, 0.1) is 29.1 Å². The Kier molecular flexibility index (Phi) is 14.0. The first kappa shape index (κ1) is 34.8. The molecule has 3 aliphatic rings. The van der Waals surface area contributed by atoms with Crippen LogP contribution in [0.25, 0.3) is 11.1 Å². The van der Waals surface area contributed by atoms with E-state index in [0.29, 0.717) is 23.5 Å². The number of aliphatic carboxylic acids is 2. The summed E-state index contributed by atoms with van der Waals surface area (Å²) in [6.07, 6.45) is 7.22. The van der Waals surface area contributed by atoms with Crippen LogP contribution in [-0.2, 0) is 14.4 Å². The van der Waals surface area contributed by atoms with Crippen molar-refractivity contribution >= 4 is 17.7 Å². The molecule has 3 aliphatic carbocycles. The average molecular weight is 553 g/mol. The summed E-state index contributed by atoms with van der Waals surface area (Å²) in [5.74, 6) is 0.774. The van der Waals surface area contributed by atoms with Crippen molar-refractivity contribution in [2.24, 2.45) is 29.1 Å². The Morgan fingerprint density at radius 3 is 1.55 bits per heavy atom. The van der Waals surface area contributed by atoms with E-state index in [0.717, 1.165) is 26.9 Å². The van der Waals surface area contributed by atoms with Crippen molar-refractivity contribution in [3.63, 3.8) is 0 Å². The number of fused-ring (bicyclic) bond motifs is 5. The zero-order valence-corrected chi connectivity index (χ0v) is 25.3. The van der Waals surface area contributed by atoms with E-state index in [2.05, 4.69) is 81.5 Å². The number of aliphatic hydroxyl groups is 1. The van der Waals surface area contributed by atoms with Gasteiger partial charge in [0, 0.05) is 25.9 Å². The molecule has 0 radical (unpaired) electrons. The summed E-state index contributed by atoms with van der Waals surface area (Å²) >= 11 is 0. The Bertz CT molecular complexity index is 1100. The highest BCUT2D eigenvalue weighted by atomic mass is 16.4. The number of aliphatic hydroxyl groups excluding tert-OH is 1. The molecule has 2 aromatic carbocycles. The molecule has 6 heteroatoms. The van der Waals surface area contributed by atoms with Gasteiger partial charge in [-0.15, -0.1) is 0 Å². The summed E-state index contributed by atoms with van der Waals surface area (Å²) in [5, 5.41) is 22.8. The predicted octanol–water partition coefficient (Wildman–Crippen LogP) is 7.45. The molecule has 1 saturated carbocycles. The topological polar surface area (TPSA) is 112 Å². The van der Waals surface area contributed by atoms with E-state index in [1.807, 2.05) is 13.8 Å². The van der Waals surface area contributed by atoms with Crippen LogP contribution in [0.15, 0.2) is 60.7 Å². The molecule has 220 valence electrons. The van der Waals surface area contributed by atoms with Crippen molar-refractivity contribution in [2.45, 2.75) is 73.6 Å². The SMILES string of the molecule is CC(=O)O.CC(=O)[C@@H]1C2C=C[C@@H](C2)C1(C)C.CC1c2ccccc2-c2ccccc21.CCC(CC)C(=O)O.CO. The highest BCUT2D eigenvalue weighted by Crippen LogP contribution is 2.55. The molecule has 1 fully saturated rings. The summed E-state index contributed by atoms with van der Waals surface area (Å²) in [4.78, 5) is 30.6. The van der Waals surface area contributed by atoms with E-state index in [4.69, 9.17) is 20.1 Å². The second-order valence-corrected chi connectivity index (χ2v) is 11.1. The molecule has 0 aromatic heterocycles. The van der Waals surface area contributed by atoms with E-state index in [9.17, 15) is 9.59 Å². The number of Topliss-reactive ketones (excluding diaryl/α,β-unsaturated/α-hetero) is 1. The quantitative estimate of drug-likeness (QED) is 0.340. The number of rotatable bonds is 4. The summed E-state index contributed by atoms with van der Waals surface area (Å²) in [5.41, 5.74) is 5.97. The van der Waals surface area contributed by atoms with Crippen molar-refractivity contribution in [2.75, 3.05) is 7.11 Å². The van der Waals surface area contributed by atoms with Crippen molar-refractivity contribution < 1.29 is 29.7 Å². The Balaban J connectivity index is 0.000000282. The van der Waals surface area contributed by atoms with Gasteiger partial charge in [0.2, 0.25) is 0 Å². The maximum atomic E-state index is 11.4. The van der Waals surface area contributed by atoms with Gasteiger partial charge in [0.1, 0.15) is 5.78 Å². The van der Waals surface area contributed by atoms with Crippen LogP contribution < -0.4 is 0 Å². The van der Waals surface area contributed by atoms with E-state index in [1.165, 1.54) is 28.7 Å². The number of carboxylic acids is 2. The van der Waals surface area contributed by atoms with Gasteiger partial charge in [-0.1, -0.05) is 95.3 Å². The fourth-order valence-electron chi connectivity index (χ4n) is 6.18. The third-order valence-corrected chi connectivity index (χ3v) is 8.22. The molecule has 0 heterocycles. The van der Waals surface area contributed by atoms with Gasteiger partial charge in [0.15, 0.2) is 0 Å². The average Bonchev–Trinajstić information content (AvgIpc) is 3.57. The normalized spacial score (nSPS) is 20.2. The number of carbonyl (C=O) groups excluding carboxylic acids is 1. The van der Waals surface area contributed by atoms with Crippen LogP contribution in [-0.4, -0.2) is 40.2 Å². The van der Waals surface area contributed by atoms with Crippen LogP contribution in [0.2, 0.25) is 0 Å². The second kappa shape index (κ2) is 16.1. The minimum atomic E-state index is -0.833. The molecule has 0 saturated heterocycles. The van der Waals surface area contributed by atoms with Gasteiger partial charge in [-0.2, -0.15) is 0 Å². The fraction of sp³-hybridized carbons (Fsp3) is 0.500. The lowest BCUT2D eigenvalue weighted by atomic mass is 9.70. The molecule has 3 N–H and O–H groups in total. The van der Waals surface area contributed by atoms with Crippen molar-refractivity contribution in [1.29, 1.82) is 0 Å². The number of benzene rings is 2. The summed E-state index contributed by atoms with van der Waals surface area (Å²) in [7, 11) is 1.00. The van der Waals surface area contributed by atoms with Gasteiger partial charge in [-0.25, -0.2) is 0 Å². The molecule has 2 aromatic rings. The van der Waals surface area contributed by atoms with Crippen molar-refractivity contribution in [3.05, 3.63) is 71.8 Å². The highest BCUT2D eigenvalue weighted by Gasteiger charge is 2.51. The lowest BCUT2D eigenvalue weighted by Gasteiger charge is -2.33. The highest BCUT2D eigenvalue weighted by molar-refractivity contribution is 5.80. The standard InChI is InChI=1S/C14H12.C11H16O.C6H12O2.C2H4O2.CH4O/c1-10-11-6-2-4-8-13(11)14-9-5-3-7-12(10)14;1-7(12)10-8-4-5-9(6-8)11(10,2)3;1-3-5(4-2)6(7)8;1-2(3)4;1-2/h2-10H,1H3;4-5,8-10H,6H2,1-3H3;5H,3-4H2,1-2H3,(H,7,8);1H3,(H,3,4);2H,1H3/t;8?,9-,10+;;;/m.0.../s1. The molecule has 3 atom stereocenters. The Hall–Kier alpha value is -3.25. The van der Waals surface area contributed by atoms with Crippen molar-refractivity contribution in [1.82, 2.24) is 0 Å². The van der Waals surface area contributed by atoms with Gasteiger partial charge in [0.25, 0.3) is 5.97 Å². The van der Waals surface area contributed by atoms with E-state index in [-0.39, 0.29) is 17.3 Å². The molecule has 2 bridgehead atoms. The number of ketones is 1. The van der Waals surface area contributed by atoms with Crippen LogP contribution in [0.1, 0.15) is 84.8 Å². The molecule has 0 spiro atoms. The van der Waals surface area contributed by atoms with Gasteiger partial charge >= 0.3 is 5.97 Å². The van der Waals surface area contributed by atoms with E-state index < -0.39 is 11.9 Å². The summed E-state index contributed by atoms with van der Waals surface area (Å²) in [6.45, 7) is 13.3. The van der Waals surface area contributed by atoms with Crippen LogP contribution in [0.5, 0.6) is 0 Å². The molecule has 5 rings (SSSR count). The van der Waals surface area contributed by atoms with Crippen LogP contribution >= 0.6 is 0 Å². The summed E-state index contributed by atoms with van der Waals surface area (Å²) in [6, 6.07) is 17.4. The maximum Gasteiger partial charge on any atom is 0.306 e. The van der Waals surface area contributed by atoms with Gasteiger partial charge in [-0.3, -0.25) is 14.4 Å². The fourth-order valence-corrected chi connectivity index (χ4v) is 6.18. The van der Waals surface area contributed by atoms with Gasteiger partial charge in [0.05, 0.1) is 5.92 Å². The maximum absolute atomic E-state index is 11.4. The first-order valence-corrected chi connectivity index (χ1v) is 14.1. The molecule has 0 aliphatic heterocycles. The van der Waals surface area contributed by atoms with Gasteiger partial charge in [-0.05, 0) is 65.7 Å². The largest absolute Gasteiger partial charge is 0.481 e. The summed E-state index contributed by atoms with van der Waals surface area (Å²) < 4.78 is 0. The Morgan fingerprint density at radius 2 is 1.27 bits per heavy atom. The Labute approximate surface area is 240 Å². The minimum absolute atomic E-state index is 0.130. The zero-order valence-electron chi connectivity index (χ0n) is 25.3. The molecule has 40 heavy (non-hydrogen) atoms. The van der Waals surface area contributed by atoms with Gasteiger partial charge < -0.3 is 15.3 Å². The monoisotopic (exact) mass is 552 g/mol. The number of hydrogen-bond donors (Lipinski definition) is 3. The molecule has 0 amide bonds. The third kappa shape index (κ3) is 8.62. The third-order valence-electron chi connectivity index (χ3n) is 8.22. The number of hydrogen-bond acceptors (Lipinski definition) is 4. The molecular formula is C34H48O6. The smallest absolute Gasteiger partial charge is 0.306 e. The van der Waals surface area contributed by atoms with E-state index >= 15 is 0 Å². The second-order valence-electron chi connectivity index (χ2n) is 11.1. The van der Waals surface area contributed by atoms with Crippen LogP contribution in [0.4, 0.5) is 0 Å². The van der Waals surface area contributed by atoms with Crippen LogP contribution in [0.3, 0.4) is 0 Å². The number of carboxylic acid groups (broad SMARTS) is 2. The predicted molar refractivity (Wildman–Crippen MR) is 161 cm³/mol. The number of carbonyl (C=O) groups is 3. The van der Waals surface area contributed by atoms with Crippen molar-refractivity contribution in [3.8, 4) is 11.1 Å². The van der Waals surface area contributed by atoms with E-state index in [1.54, 1.807) is 6.92 Å². The number of allylic oxidation sites excluding steroid dienone is 2. The molecule has 1 unspecified atom stereocenters. The lowest BCUT2D eigenvalue weighted by molar-refractivity contribution is -0.142.